The molecule has 1 N–H and O–H groups in total. The molecule has 0 saturated heterocycles. The maximum atomic E-state index is 12.5. The predicted octanol–water partition coefficient (Wildman–Crippen LogP) is 4.07. The van der Waals surface area contributed by atoms with Gasteiger partial charge in [-0.3, -0.25) is 9.36 Å². The number of hydrogen-bond acceptors (Lipinski definition) is 3. The van der Waals surface area contributed by atoms with Crippen molar-refractivity contribution < 1.29 is 22.7 Å². The van der Waals surface area contributed by atoms with Gasteiger partial charge in [0.05, 0.1) is 12.5 Å². The molecule has 0 fully saturated rings. The van der Waals surface area contributed by atoms with E-state index >= 15 is 0 Å². The van der Waals surface area contributed by atoms with E-state index in [0.29, 0.717) is 11.4 Å². The number of alkyl halides is 3. The van der Waals surface area contributed by atoms with Crippen LogP contribution in [0, 0.1) is 0 Å². The number of nitrogens with one attached hydrogen (secondary N) is 1. The first-order chi connectivity index (χ1) is 12.4. The van der Waals surface area contributed by atoms with Crippen molar-refractivity contribution in [3.05, 3.63) is 72.8 Å². The van der Waals surface area contributed by atoms with Crippen molar-refractivity contribution in [3.63, 3.8) is 0 Å². The number of benzene rings is 2. The third kappa shape index (κ3) is 4.41. The minimum Gasteiger partial charge on any atom is -0.484 e. The second kappa shape index (κ2) is 7.30. The fourth-order valence-electron chi connectivity index (χ4n) is 2.25. The molecule has 134 valence electrons. The standard InChI is InChI=1S/C18H14F3N3O2/c19-18(20,21)11-26-15-8-6-13(7-9-15)23-17(25)16-10-22-12-24(16)14-4-2-1-3-5-14/h1-10,12H,11H2,(H,23,25). The molecule has 0 atom stereocenters. The van der Waals surface area contributed by atoms with Crippen LogP contribution in [0.15, 0.2) is 67.1 Å². The van der Waals surface area contributed by atoms with Crippen LogP contribution in [0.3, 0.4) is 0 Å². The van der Waals surface area contributed by atoms with Crippen molar-refractivity contribution in [3.8, 4) is 11.4 Å². The number of halogens is 3. The zero-order chi connectivity index (χ0) is 18.6. The molecule has 0 unspecified atom stereocenters. The number of carbonyl (C=O) groups is 1. The van der Waals surface area contributed by atoms with Gasteiger partial charge in [0.2, 0.25) is 0 Å². The molecule has 2 aromatic carbocycles. The van der Waals surface area contributed by atoms with E-state index in [2.05, 4.69) is 15.0 Å². The van der Waals surface area contributed by atoms with Crippen molar-refractivity contribution in [2.24, 2.45) is 0 Å². The highest BCUT2D eigenvalue weighted by atomic mass is 19.4. The van der Waals surface area contributed by atoms with Gasteiger partial charge in [-0.15, -0.1) is 0 Å². The lowest BCUT2D eigenvalue weighted by molar-refractivity contribution is -0.153. The zero-order valence-electron chi connectivity index (χ0n) is 13.4. The first-order valence-corrected chi connectivity index (χ1v) is 7.61. The molecule has 1 aromatic heterocycles. The summed E-state index contributed by atoms with van der Waals surface area (Å²) < 4.78 is 42.7. The van der Waals surface area contributed by atoms with Gasteiger partial charge in [-0.2, -0.15) is 13.2 Å². The Bertz CT molecular complexity index is 875. The van der Waals surface area contributed by atoms with Gasteiger partial charge >= 0.3 is 6.18 Å². The van der Waals surface area contributed by atoms with E-state index in [9.17, 15) is 18.0 Å². The van der Waals surface area contributed by atoms with Crippen LogP contribution in [0.5, 0.6) is 5.75 Å². The molecule has 0 saturated carbocycles. The summed E-state index contributed by atoms with van der Waals surface area (Å²) in [5.41, 5.74) is 1.54. The van der Waals surface area contributed by atoms with E-state index in [1.54, 1.807) is 4.57 Å². The summed E-state index contributed by atoms with van der Waals surface area (Å²) in [5.74, 6) is -0.329. The lowest BCUT2D eigenvalue weighted by Gasteiger charge is -2.11. The number of ether oxygens (including phenoxy) is 1. The summed E-state index contributed by atoms with van der Waals surface area (Å²) in [7, 11) is 0. The molecule has 0 aliphatic rings. The van der Waals surface area contributed by atoms with Gasteiger partial charge in [-0.1, -0.05) is 18.2 Å². The monoisotopic (exact) mass is 361 g/mol. The summed E-state index contributed by atoms with van der Waals surface area (Å²) in [6.45, 7) is -1.37. The zero-order valence-corrected chi connectivity index (χ0v) is 13.4. The van der Waals surface area contributed by atoms with Crippen molar-refractivity contribution in [2.45, 2.75) is 6.18 Å². The molecule has 0 aliphatic heterocycles. The van der Waals surface area contributed by atoms with E-state index in [1.165, 1.54) is 36.8 Å². The van der Waals surface area contributed by atoms with Crippen molar-refractivity contribution in [2.75, 3.05) is 11.9 Å². The molecule has 8 heteroatoms. The molecule has 0 bridgehead atoms. The summed E-state index contributed by atoms with van der Waals surface area (Å²) in [6.07, 6.45) is -1.44. The number of rotatable bonds is 5. The molecule has 0 spiro atoms. The van der Waals surface area contributed by atoms with Crippen LogP contribution >= 0.6 is 0 Å². The topological polar surface area (TPSA) is 56.1 Å². The van der Waals surface area contributed by atoms with Crippen LogP contribution in [0.4, 0.5) is 18.9 Å². The Balaban J connectivity index is 1.69. The molecule has 26 heavy (non-hydrogen) atoms. The fourth-order valence-corrected chi connectivity index (χ4v) is 2.25. The Kier molecular flexibility index (Phi) is 4.92. The Hall–Kier alpha value is -3.29. The fraction of sp³-hybridized carbons (Fsp3) is 0.111. The number of nitrogens with zero attached hydrogens (tertiary/aromatic N) is 2. The molecule has 1 amide bonds. The number of hydrogen-bond donors (Lipinski definition) is 1. The summed E-state index contributed by atoms with van der Waals surface area (Å²) in [4.78, 5) is 16.5. The SMILES string of the molecule is O=C(Nc1ccc(OCC(F)(F)F)cc1)c1cncn1-c1ccccc1. The molecule has 1 heterocycles. The Morgan fingerprint density at radius 1 is 1.08 bits per heavy atom. The van der Waals surface area contributed by atoms with Crippen LogP contribution in [-0.2, 0) is 0 Å². The minimum atomic E-state index is -4.40. The van der Waals surface area contributed by atoms with E-state index in [0.717, 1.165) is 5.69 Å². The summed E-state index contributed by atoms with van der Waals surface area (Å²) >= 11 is 0. The summed E-state index contributed by atoms with van der Waals surface area (Å²) in [5, 5.41) is 2.68. The van der Waals surface area contributed by atoms with E-state index in [4.69, 9.17) is 0 Å². The van der Waals surface area contributed by atoms with Crippen LogP contribution in [-0.4, -0.2) is 28.2 Å². The van der Waals surface area contributed by atoms with Crippen molar-refractivity contribution >= 4 is 11.6 Å². The smallest absolute Gasteiger partial charge is 0.422 e. The third-order valence-corrected chi connectivity index (χ3v) is 3.42. The average Bonchev–Trinajstić information content (AvgIpc) is 3.11. The van der Waals surface area contributed by atoms with Crippen molar-refractivity contribution in [1.82, 2.24) is 9.55 Å². The lowest BCUT2D eigenvalue weighted by Crippen LogP contribution is -2.19. The number of carbonyl (C=O) groups excluding carboxylic acids is 1. The largest absolute Gasteiger partial charge is 0.484 e. The van der Waals surface area contributed by atoms with Gasteiger partial charge in [-0.25, -0.2) is 4.98 Å². The summed E-state index contributed by atoms with van der Waals surface area (Å²) in [6, 6.07) is 14.9. The van der Waals surface area contributed by atoms with Gasteiger partial charge in [-0.05, 0) is 36.4 Å². The average molecular weight is 361 g/mol. The highest BCUT2D eigenvalue weighted by Gasteiger charge is 2.28. The first-order valence-electron chi connectivity index (χ1n) is 7.61. The maximum Gasteiger partial charge on any atom is 0.422 e. The second-order valence-electron chi connectivity index (χ2n) is 5.37. The second-order valence-corrected chi connectivity index (χ2v) is 5.37. The van der Waals surface area contributed by atoms with Crippen LogP contribution in [0.2, 0.25) is 0 Å². The molecular formula is C18H14F3N3O2. The van der Waals surface area contributed by atoms with Gasteiger partial charge < -0.3 is 10.1 Å². The van der Waals surface area contributed by atoms with Crippen LogP contribution in [0.1, 0.15) is 10.5 Å². The third-order valence-electron chi connectivity index (χ3n) is 3.42. The first kappa shape index (κ1) is 17.5. The number of para-hydroxylation sites is 1. The minimum absolute atomic E-state index is 0.0645. The number of amides is 1. The van der Waals surface area contributed by atoms with Gasteiger partial charge in [0.1, 0.15) is 11.4 Å². The number of aromatic nitrogens is 2. The highest BCUT2D eigenvalue weighted by Crippen LogP contribution is 2.21. The Morgan fingerprint density at radius 3 is 2.42 bits per heavy atom. The Morgan fingerprint density at radius 2 is 1.77 bits per heavy atom. The van der Waals surface area contributed by atoms with Crippen molar-refractivity contribution in [1.29, 1.82) is 0 Å². The molecule has 5 nitrogen and oxygen atoms in total. The van der Waals surface area contributed by atoms with E-state index in [-0.39, 0.29) is 5.75 Å². The van der Waals surface area contributed by atoms with Gasteiger partial charge in [0, 0.05) is 11.4 Å². The Labute approximate surface area is 147 Å². The van der Waals surface area contributed by atoms with Crippen LogP contribution in [0.25, 0.3) is 5.69 Å². The van der Waals surface area contributed by atoms with E-state index < -0.39 is 18.7 Å². The van der Waals surface area contributed by atoms with Gasteiger partial charge in [0.25, 0.3) is 5.91 Å². The lowest BCUT2D eigenvalue weighted by atomic mass is 10.2. The molecular weight excluding hydrogens is 347 g/mol. The molecule has 3 rings (SSSR count). The molecule has 3 aromatic rings. The number of imidazole rings is 1. The highest BCUT2D eigenvalue weighted by molar-refractivity contribution is 6.03. The number of anilines is 1. The predicted molar refractivity (Wildman–Crippen MR) is 89.5 cm³/mol. The molecule has 0 radical (unpaired) electrons. The van der Waals surface area contributed by atoms with Crippen LogP contribution < -0.4 is 10.1 Å². The quantitative estimate of drug-likeness (QED) is 0.745. The maximum absolute atomic E-state index is 12.5. The normalized spacial score (nSPS) is 11.2. The van der Waals surface area contributed by atoms with Gasteiger partial charge in [0.15, 0.2) is 6.61 Å². The van der Waals surface area contributed by atoms with E-state index in [1.807, 2.05) is 30.3 Å². The molecule has 0 aliphatic carbocycles.